The molecule has 3 heterocycles. The smallest absolute Gasteiger partial charge is 0.231 e. The summed E-state index contributed by atoms with van der Waals surface area (Å²) in [6.45, 7) is 4.84. The zero-order valence-electron chi connectivity index (χ0n) is 16.1. The molecular weight excluding hydrogens is 360 g/mol. The maximum atomic E-state index is 11.5. The van der Waals surface area contributed by atoms with Crippen LogP contribution in [0.15, 0.2) is 18.2 Å². The van der Waals surface area contributed by atoms with Gasteiger partial charge in [-0.25, -0.2) is 4.68 Å². The Hall–Kier alpha value is -2.68. The summed E-state index contributed by atoms with van der Waals surface area (Å²) in [4.78, 5) is 12.9. The van der Waals surface area contributed by atoms with Gasteiger partial charge in [0, 0.05) is 25.2 Å². The molecule has 0 spiro atoms. The largest absolute Gasteiger partial charge is 0.454 e. The van der Waals surface area contributed by atoms with Crippen molar-refractivity contribution in [3.05, 3.63) is 29.6 Å². The minimum Gasteiger partial charge on any atom is -0.454 e. The molecule has 28 heavy (non-hydrogen) atoms. The molecule has 1 saturated heterocycles. The number of benzene rings is 1. The van der Waals surface area contributed by atoms with Crippen LogP contribution in [0.5, 0.6) is 11.5 Å². The monoisotopic (exact) mass is 387 g/mol. The topological polar surface area (TPSA) is 110 Å². The van der Waals surface area contributed by atoms with Crippen LogP contribution in [-0.2, 0) is 11.3 Å². The fraction of sp³-hybridized carbons (Fsp3) is 0.579. The summed E-state index contributed by atoms with van der Waals surface area (Å²) in [6.07, 6.45) is 3.70. The molecule has 9 heteroatoms. The van der Waals surface area contributed by atoms with Crippen molar-refractivity contribution >= 4 is 5.91 Å². The average Bonchev–Trinajstić information content (AvgIpc) is 3.35. The number of rotatable bonds is 7. The van der Waals surface area contributed by atoms with Crippen molar-refractivity contribution < 1.29 is 19.2 Å². The second-order valence-corrected chi connectivity index (χ2v) is 7.56. The molecule has 1 atom stereocenters. The summed E-state index contributed by atoms with van der Waals surface area (Å²) in [6, 6.07) is 6.13. The van der Waals surface area contributed by atoms with Gasteiger partial charge in [-0.05, 0) is 28.1 Å². The number of carbonyl (C=O) groups excluding carboxylic acids is 1. The fourth-order valence-corrected chi connectivity index (χ4v) is 4.21. The van der Waals surface area contributed by atoms with Crippen molar-refractivity contribution in [2.24, 2.45) is 11.7 Å². The third-order valence-electron chi connectivity index (χ3n) is 5.74. The number of nitrogens with two attached hydrogens (primary N) is 1. The molecule has 1 amide bonds. The first-order chi connectivity index (χ1) is 13.7. The molecule has 0 aliphatic carbocycles. The number of primary amides is 1. The number of tetrazole rings is 1. The number of carbonyl (C=O) groups is 1. The van der Waals surface area contributed by atoms with Gasteiger partial charge in [0.05, 0.1) is 19.6 Å². The van der Waals surface area contributed by atoms with Crippen molar-refractivity contribution in [3.8, 4) is 11.5 Å². The van der Waals surface area contributed by atoms with Crippen molar-refractivity contribution in [3.63, 3.8) is 0 Å². The number of amides is 1. The molecule has 1 fully saturated rings. The number of aromatic nitrogens is 4. The van der Waals surface area contributed by atoms with E-state index in [1.54, 1.807) is 0 Å². The maximum absolute atomic E-state index is 11.5. The van der Waals surface area contributed by atoms with Gasteiger partial charge in [-0.15, -0.1) is 5.10 Å². The van der Waals surface area contributed by atoms with Crippen molar-refractivity contribution in [2.75, 3.05) is 19.9 Å². The highest BCUT2D eigenvalue weighted by Crippen LogP contribution is 2.32. The van der Waals surface area contributed by atoms with E-state index in [1.807, 2.05) is 22.9 Å². The normalized spacial score (nSPS) is 22.2. The van der Waals surface area contributed by atoms with Crippen LogP contribution < -0.4 is 20.1 Å². The van der Waals surface area contributed by atoms with E-state index in [2.05, 4.69) is 22.4 Å². The lowest BCUT2D eigenvalue weighted by Gasteiger charge is -2.33. The number of piperidine rings is 1. The van der Waals surface area contributed by atoms with Gasteiger partial charge in [-0.1, -0.05) is 19.4 Å². The van der Waals surface area contributed by atoms with E-state index < -0.39 is 0 Å². The summed E-state index contributed by atoms with van der Waals surface area (Å²) >= 11 is 0. The van der Waals surface area contributed by atoms with Crippen LogP contribution in [0.25, 0.3) is 0 Å². The van der Waals surface area contributed by atoms with Crippen LogP contribution in [-0.4, -0.2) is 46.0 Å². The van der Waals surface area contributed by atoms with Crippen LogP contribution in [0.4, 0.5) is 0 Å². The lowest BCUT2D eigenvalue weighted by molar-refractivity contribution is -0.938. The van der Waals surface area contributed by atoms with E-state index in [9.17, 15) is 4.79 Å². The molecule has 2 aliphatic heterocycles. The standard InChI is InChI=1S/C19H26N6O3/c1-2-3-15(24-8-6-14(7-9-24)18(20)26)19-21-22-23-25(19)11-13-4-5-16-17(10-13)28-12-27-16/h4-5,10,14-15H,2-3,6-9,11-12H2,1H3,(H2,20,26)/p+1/t15-/m0/s1. The van der Waals surface area contributed by atoms with Gasteiger partial charge in [-0.3, -0.25) is 4.79 Å². The Balaban J connectivity index is 1.51. The zero-order chi connectivity index (χ0) is 19.5. The van der Waals surface area contributed by atoms with Gasteiger partial charge in [0.25, 0.3) is 0 Å². The quantitative estimate of drug-likeness (QED) is 0.696. The minimum absolute atomic E-state index is 0.00402. The van der Waals surface area contributed by atoms with Gasteiger partial charge < -0.3 is 20.1 Å². The van der Waals surface area contributed by atoms with Crippen LogP contribution in [0.2, 0.25) is 0 Å². The first-order valence-corrected chi connectivity index (χ1v) is 9.94. The van der Waals surface area contributed by atoms with E-state index >= 15 is 0 Å². The molecule has 1 aromatic carbocycles. The average molecular weight is 387 g/mol. The summed E-state index contributed by atoms with van der Waals surface area (Å²) < 4.78 is 12.7. The van der Waals surface area contributed by atoms with Crippen LogP contribution in [0.3, 0.4) is 0 Å². The lowest BCUT2D eigenvalue weighted by atomic mass is 9.94. The summed E-state index contributed by atoms with van der Waals surface area (Å²) in [5.41, 5.74) is 6.55. The number of hydrogen-bond acceptors (Lipinski definition) is 6. The van der Waals surface area contributed by atoms with E-state index in [-0.39, 0.29) is 24.7 Å². The van der Waals surface area contributed by atoms with E-state index in [4.69, 9.17) is 15.2 Å². The molecule has 1 aromatic heterocycles. The number of nitrogens with one attached hydrogen (secondary N) is 1. The van der Waals surface area contributed by atoms with Crippen LogP contribution in [0, 0.1) is 5.92 Å². The Morgan fingerprint density at radius 2 is 2.11 bits per heavy atom. The maximum Gasteiger partial charge on any atom is 0.231 e. The molecule has 0 radical (unpaired) electrons. The Labute approximate surface area is 163 Å². The van der Waals surface area contributed by atoms with Gasteiger partial charge in [0.15, 0.2) is 11.5 Å². The predicted molar refractivity (Wildman–Crippen MR) is 99.7 cm³/mol. The van der Waals surface area contributed by atoms with Crippen molar-refractivity contribution in [2.45, 2.75) is 45.2 Å². The van der Waals surface area contributed by atoms with Crippen molar-refractivity contribution in [1.82, 2.24) is 20.2 Å². The fourth-order valence-electron chi connectivity index (χ4n) is 4.21. The van der Waals surface area contributed by atoms with Crippen LogP contribution >= 0.6 is 0 Å². The zero-order valence-corrected chi connectivity index (χ0v) is 16.1. The second-order valence-electron chi connectivity index (χ2n) is 7.56. The number of nitrogens with zero attached hydrogens (tertiary/aromatic N) is 4. The summed E-state index contributed by atoms with van der Waals surface area (Å²) in [5.74, 6) is 2.24. The van der Waals surface area contributed by atoms with E-state index in [1.165, 1.54) is 4.90 Å². The third kappa shape index (κ3) is 3.80. The molecule has 4 rings (SSSR count). The molecule has 3 N–H and O–H groups in total. The summed E-state index contributed by atoms with van der Waals surface area (Å²) in [7, 11) is 0. The Bertz CT molecular complexity index is 831. The number of quaternary nitrogens is 1. The minimum atomic E-state index is -0.182. The number of likely N-dealkylation sites (tertiary alicyclic amines) is 1. The second kappa shape index (κ2) is 8.14. The molecule has 0 bridgehead atoms. The van der Waals surface area contributed by atoms with Gasteiger partial charge in [-0.2, -0.15) is 0 Å². The van der Waals surface area contributed by atoms with Gasteiger partial charge in [0.1, 0.15) is 6.04 Å². The van der Waals surface area contributed by atoms with E-state index in [0.717, 1.165) is 61.7 Å². The first-order valence-electron chi connectivity index (χ1n) is 9.94. The highest BCUT2D eigenvalue weighted by atomic mass is 16.7. The molecule has 9 nitrogen and oxygen atoms in total. The molecular formula is C19H27N6O3+. The molecule has 150 valence electrons. The molecule has 0 unspecified atom stereocenters. The van der Waals surface area contributed by atoms with E-state index in [0.29, 0.717) is 6.54 Å². The first kappa shape index (κ1) is 18.7. The van der Waals surface area contributed by atoms with Crippen molar-refractivity contribution in [1.29, 1.82) is 0 Å². The molecule has 2 aliphatic rings. The Morgan fingerprint density at radius 1 is 1.32 bits per heavy atom. The number of ether oxygens (including phenoxy) is 2. The third-order valence-corrected chi connectivity index (χ3v) is 5.74. The Morgan fingerprint density at radius 3 is 2.86 bits per heavy atom. The predicted octanol–water partition coefficient (Wildman–Crippen LogP) is 0.0715. The van der Waals surface area contributed by atoms with Crippen LogP contribution in [0.1, 0.15) is 50.0 Å². The summed E-state index contributed by atoms with van der Waals surface area (Å²) in [5, 5.41) is 12.6. The van der Waals surface area contributed by atoms with Gasteiger partial charge in [0.2, 0.25) is 18.5 Å². The molecule has 2 aromatic rings. The number of hydrogen-bond donors (Lipinski definition) is 2. The SMILES string of the molecule is CCC[C@@H](c1nnnn1Cc1ccc2c(c1)OCO2)[NH+]1CCC(C(N)=O)CC1. The molecule has 0 saturated carbocycles. The Kier molecular flexibility index (Phi) is 5.43. The highest BCUT2D eigenvalue weighted by Gasteiger charge is 2.34. The number of fused-ring (bicyclic) bond motifs is 1. The van der Waals surface area contributed by atoms with Gasteiger partial charge >= 0.3 is 0 Å². The lowest BCUT2D eigenvalue weighted by Crippen LogP contribution is -3.13. The highest BCUT2D eigenvalue weighted by molar-refractivity contribution is 5.76.